The van der Waals surface area contributed by atoms with Gasteiger partial charge >= 0.3 is 0 Å². The minimum Gasteiger partial charge on any atom is -0.347 e. The zero-order valence-electron chi connectivity index (χ0n) is 17.7. The van der Waals surface area contributed by atoms with Crippen molar-refractivity contribution in [3.05, 3.63) is 46.0 Å². The predicted molar refractivity (Wildman–Crippen MR) is 113 cm³/mol. The van der Waals surface area contributed by atoms with Crippen molar-refractivity contribution in [1.82, 2.24) is 14.9 Å². The number of aryl methyl sites for hydroxylation is 1. The number of nitriles is 1. The fraction of sp³-hybridized carbons (Fsp3) is 0.409. The number of rotatable bonds is 7. The van der Waals surface area contributed by atoms with Crippen molar-refractivity contribution in [2.45, 2.75) is 45.7 Å². The lowest BCUT2D eigenvalue weighted by molar-refractivity contribution is -0.123. The second-order valence-corrected chi connectivity index (χ2v) is 8.31. The molecule has 1 aliphatic rings. The van der Waals surface area contributed by atoms with Crippen molar-refractivity contribution in [2.75, 3.05) is 12.0 Å². The first kappa shape index (κ1) is 22.2. The molecule has 1 aromatic heterocycles. The predicted octanol–water partition coefficient (Wildman–Crippen LogP) is 2.30. The summed E-state index contributed by atoms with van der Waals surface area (Å²) < 4.78 is 14.2. The molecule has 2 N–H and O–H groups in total. The van der Waals surface area contributed by atoms with E-state index in [1.54, 1.807) is 39.0 Å². The van der Waals surface area contributed by atoms with Crippen molar-refractivity contribution in [2.24, 2.45) is 5.92 Å². The van der Waals surface area contributed by atoms with Crippen LogP contribution in [-0.2, 0) is 16.1 Å². The van der Waals surface area contributed by atoms with Crippen LogP contribution in [0.3, 0.4) is 0 Å². The van der Waals surface area contributed by atoms with E-state index in [9.17, 15) is 24.0 Å². The van der Waals surface area contributed by atoms with Gasteiger partial charge in [0.2, 0.25) is 11.8 Å². The van der Waals surface area contributed by atoms with E-state index in [1.807, 2.05) is 6.07 Å². The number of halogens is 1. The number of benzene rings is 1. The molecule has 2 aromatic rings. The molecule has 1 heterocycles. The van der Waals surface area contributed by atoms with E-state index in [4.69, 9.17) is 0 Å². The lowest BCUT2D eigenvalue weighted by atomic mass is 10.1. The van der Waals surface area contributed by atoms with E-state index < -0.39 is 23.7 Å². The molecule has 1 aromatic carbocycles. The van der Waals surface area contributed by atoms with E-state index in [0.29, 0.717) is 28.3 Å². The van der Waals surface area contributed by atoms with E-state index >= 15 is 0 Å². The molecule has 0 bridgehead atoms. The summed E-state index contributed by atoms with van der Waals surface area (Å²) in [7, 11) is 0. The quantitative estimate of drug-likeness (QED) is 0.706. The van der Waals surface area contributed by atoms with E-state index in [-0.39, 0.29) is 18.4 Å². The van der Waals surface area contributed by atoms with Crippen LogP contribution < -0.4 is 16.2 Å². The molecule has 0 atom stereocenters. The number of hydrogen-bond acceptors (Lipinski definition) is 5. The summed E-state index contributed by atoms with van der Waals surface area (Å²) in [5, 5.41) is 14.6. The fourth-order valence-electron chi connectivity index (χ4n) is 3.07. The number of nitrogens with zero attached hydrogens (tertiary/aromatic N) is 3. The van der Waals surface area contributed by atoms with Gasteiger partial charge < -0.3 is 10.6 Å². The van der Waals surface area contributed by atoms with Crippen LogP contribution in [-0.4, -0.2) is 33.6 Å². The fourth-order valence-corrected chi connectivity index (χ4v) is 3.07. The topological polar surface area (TPSA) is 117 Å². The third-order valence-electron chi connectivity index (χ3n) is 4.94. The monoisotopic (exact) mass is 425 g/mol. The number of amides is 2. The van der Waals surface area contributed by atoms with Gasteiger partial charge in [0.1, 0.15) is 19.0 Å². The van der Waals surface area contributed by atoms with Crippen LogP contribution in [0.5, 0.6) is 0 Å². The van der Waals surface area contributed by atoms with Gasteiger partial charge in [0.05, 0.1) is 28.6 Å². The average Bonchev–Trinajstić information content (AvgIpc) is 3.55. The third-order valence-corrected chi connectivity index (χ3v) is 4.94. The van der Waals surface area contributed by atoms with Gasteiger partial charge in [-0.05, 0) is 51.8 Å². The van der Waals surface area contributed by atoms with E-state index in [1.165, 1.54) is 10.6 Å². The Kier molecular flexibility index (Phi) is 6.20. The van der Waals surface area contributed by atoms with Crippen LogP contribution >= 0.6 is 0 Å². The number of alkyl halides is 1. The first-order chi connectivity index (χ1) is 14.6. The van der Waals surface area contributed by atoms with E-state index in [2.05, 4.69) is 15.6 Å². The third kappa shape index (κ3) is 5.34. The number of carbonyl (C=O) groups excluding carboxylic acids is 2. The summed E-state index contributed by atoms with van der Waals surface area (Å²) in [5.41, 5.74) is 0.107. The maximum absolute atomic E-state index is 13.0. The van der Waals surface area contributed by atoms with Crippen molar-refractivity contribution < 1.29 is 14.0 Å². The number of aromatic nitrogens is 2. The molecule has 162 valence electrons. The Hall–Kier alpha value is -3.54. The Bertz CT molecular complexity index is 1130. The number of nitrogens with one attached hydrogen (secondary N) is 2. The highest BCUT2D eigenvalue weighted by molar-refractivity contribution is 5.97. The zero-order chi connectivity index (χ0) is 22.8. The molecular weight excluding hydrogens is 401 g/mol. The first-order valence-electron chi connectivity index (χ1n) is 9.94. The van der Waals surface area contributed by atoms with Gasteiger partial charge in [0, 0.05) is 17.5 Å². The Morgan fingerprint density at radius 3 is 2.61 bits per heavy atom. The van der Waals surface area contributed by atoms with Crippen LogP contribution in [0.2, 0.25) is 0 Å². The maximum Gasteiger partial charge on any atom is 0.254 e. The molecule has 1 aliphatic carbocycles. The molecule has 31 heavy (non-hydrogen) atoms. The Labute approximate surface area is 179 Å². The minimum atomic E-state index is -1.03. The molecule has 8 nitrogen and oxygen atoms in total. The molecule has 2 amide bonds. The Morgan fingerprint density at radius 1 is 1.32 bits per heavy atom. The summed E-state index contributed by atoms with van der Waals surface area (Å²) >= 11 is 0. The lowest BCUT2D eigenvalue weighted by Gasteiger charge is -2.23. The summed E-state index contributed by atoms with van der Waals surface area (Å²) in [6.07, 6.45) is 1.65. The summed E-state index contributed by atoms with van der Waals surface area (Å²) in [6, 6.07) is 8.06. The largest absolute Gasteiger partial charge is 0.347 e. The highest BCUT2D eigenvalue weighted by atomic mass is 19.1. The zero-order valence-corrected chi connectivity index (χ0v) is 17.7. The van der Waals surface area contributed by atoms with E-state index in [0.717, 1.165) is 12.8 Å². The second-order valence-electron chi connectivity index (χ2n) is 8.31. The molecule has 0 aliphatic heterocycles. The molecule has 0 unspecified atom stereocenters. The number of carbonyl (C=O) groups is 2. The van der Waals surface area contributed by atoms with Crippen LogP contribution in [0, 0.1) is 24.2 Å². The van der Waals surface area contributed by atoms with Crippen molar-refractivity contribution in [3.63, 3.8) is 0 Å². The van der Waals surface area contributed by atoms with Crippen LogP contribution in [0.4, 0.5) is 10.1 Å². The van der Waals surface area contributed by atoms with Gasteiger partial charge in [-0.2, -0.15) is 5.26 Å². The highest BCUT2D eigenvalue weighted by Crippen LogP contribution is 2.33. The van der Waals surface area contributed by atoms with Crippen LogP contribution in [0.1, 0.15) is 38.1 Å². The maximum atomic E-state index is 13.0. The normalized spacial score (nSPS) is 13.4. The highest BCUT2D eigenvalue weighted by Gasteiger charge is 2.30. The molecule has 1 saturated carbocycles. The van der Waals surface area contributed by atoms with Crippen molar-refractivity contribution in [1.29, 1.82) is 5.26 Å². The molecule has 0 saturated heterocycles. The van der Waals surface area contributed by atoms with Gasteiger partial charge in [-0.15, -0.1) is 0 Å². The van der Waals surface area contributed by atoms with Crippen LogP contribution in [0.25, 0.3) is 11.3 Å². The lowest BCUT2D eigenvalue weighted by Crippen LogP contribution is -2.47. The van der Waals surface area contributed by atoms with Gasteiger partial charge in [0.15, 0.2) is 0 Å². The average molecular weight is 425 g/mol. The number of hydrogen-bond donors (Lipinski definition) is 2. The van der Waals surface area contributed by atoms with Gasteiger partial charge in [-0.1, -0.05) is 0 Å². The number of anilines is 1. The summed E-state index contributed by atoms with van der Waals surface area (Å²) in [6.45, 7) is 3.65. The van der Waals surface area contributed by atoms with Gasteiger partial charge in [-0.25, -0.2) is 9.37 Å². The SMILES string of the molecule is Cc1nc(-c2ccc(C#N)cc2NC(=O)C2CC2)cc(=O)n1CC(=O)NC(C)(C)CF. The molecule has 1 fully saturated rings. The van der Waals surface area contributed by atoms with Gasteiger partial charge in [0.25, 0.3) is 5.56 Å². The summed E-state index contributed by atoms with van der Waals surface area (Å²) in [5.74, 6) is -0.375. The van der Waals surface area contributed by atoms with Crippen molar-refractivity contribution >= 4 is 17.5 Å². The molecule has 0 spiro atoms. The molecule has 3 rings (SSSR count). The standard InChI is InChI=1S/C22H24FN5O3/c1-13-25-18(9-20(30)28(13)11-19(29)27-22(2,3)12-23)16-7-4-14(10-24)8-17(16)26-21(31)15-5-6-15/h4,7-9,15H,5-6,11-12H2,1-3H3,(H,26,31)(H,27,29). The molecule has 0 radical (unpaired) electrons. The summed E-state index contributed by atoms with van der Waals surface area (Å²) in [4.78, 5) is 41.6. The minimum absolute atomic E-state index is 0.0339. The second kappa shape index (κ2) is 8.68. The Balaban J connectivity index is 1.92. The van der Waals surface area contributed by atoms with Gasteiger partial charge in [-0.3, -0.25) is 19.0 Å². The van der Waals surface area contributed by atoms with Crippen LogP contribution in [0.15, 0.2) is 29.1 Å². The first-order valence-corrected chi connectivity index (χ1v) is 9.94. The Morgan fingerprint density at radius 2 is 2.03 bits per heavy atom. The molecular formula is C22H24FN5O3. The van der Waals surface area contributed by atoms with Crippen molar-refractivity contribution in [3.8, 4) is 17.3 Å². The molecule has 9 heteroatoms. The smallest absolute Gasteiger partial charge is 0.254 e.